The Morgan fingerprint density at radius 3 is 3.06 bits per heavy atom. The van der Waals surface area contributed by atoms with Crippen LogP contribution in [0.4, 0.5) is 5.69 Å². The summed E-state index contributed by atoms with van der Waals surface area (Å²) in [5.41, 5.74) is 7.00. The Morgan fingerprint density at radius 1 is 1.69 bits per heavy atom. The van der Waals surface area contributed by atoms with Gasteiger partial charge in [0.1, 0.15) is 5.69 Å². The molecule has 0 radical (unpaired) electrons. The lowest BCUT2D eigenvalue weighted by Crippen LogP contribution is -2.28. The molecule has 0 bridgehead atoms. The Balaban J connectivity index is 2.03. The lowest BCUT2D eigenvalue weighted by Gasteiger charge is -2.07. The summed E-state index contributed by atoms with van der Waals surface area (Å²) < 4.78 is 6.85. The van der Waals surface area contributed by atoms with E-state index in [-0.39, 0.29) is 5.91 Å². The molecule has 3 N–H and O–H groups in total. The molecule has 0 spiro atoms. The van der Waals surface area contributed by atoms with E-state index in [1.807, 2.05) is 10.8 Å². The number of methoxy groups -OCH3 is 1. The van der Waals surface area contributed by atoms with Crippen molar-refractivity contribution in [2.45, 2.75) is 18.9 Å². The van der Waals surface area contributed by atoms with Gasteiger partial charge in [-0.15, -0.1) is 0 Å². The van der Waals surface area contributed by atoms with Crippen LogP contribution in [0.2, 0.25) is 0 Å². The summed E-state index contributed by atoms with van der Waals surface area (Å²) in [6.07, 6.45) is 4.10. The zero-order valence-corrected chi connectivity index (χ0v) is 9.40. The molecule has 5 nitrogen and oxygen atoms in total. The second kappa shape index (κ2) is 4.57. The standard InChI is InChI=1S/C11H17N3O2/c1-16-5-4-13-11(15)10-6-8(12)7-14(10)9-2-3-9/h6-7,9H,2-5,12H2,1H3,(H,13,15). The van der Waals surface area contributed by atoms with Gasteiger partial charge in [0.05, 0.1) is 12.3 Å². The van der Waals surface area contributed by atoms with Crippen molar-refractivity contribution in [1.82, 2.24) is 9.88 Å². The van der Waals surface area contributed by atoms with Gasteiger partial charge in [0.2, 0.25) is 0 Å². The Morgan fingerprint density at radius 2 is 2.44 bits per heavy atom. The largest absolute Gasteiger partial charge is 0.397 e. The molecule has 1 saturated carbocycles. The van der Waals surface area contributed by atoms with Gasteiger partial charge < -0.3 is 20.4 Å². The summed E-state index contributed by atoms with van der Waals surface area (Å²) in [6.45, 7) is 1.04. The van der Waals surface area contributed by atoms with Crippen molar-refractivity contribution in [3.8, 4) is 0 Å². The van der Waals surface area contributed by atoms with Crippen LogP contribution in [0.25, 0.3) is 0 Å². The number of nitrogen functional groups attached to an aromatic ring is 1. The first-order valence-corrected chi connectivity index (χ1v) is 5.47. The molecule has 1 aromatic rings. The van der Waals surface area contributed by atoms with E-state index in [9.17, 15) is 4.79 Å². The van der Waals surface area contributed by atoms with Crippen LogP contribution in [-0.4, -0.2) is 30.7 Å². The number of amides is 1. The molecule has 0 aromatic carbocycles. The van der Waals surface area contributed by atoms with Crippen LogP contribution in [0.1, 0.15) is 29.4 Å². The number of nitrogens with zero attached hydrogens (tertiary/aromatic N) is 1. The van der Waals surface area contributed by atoms with Gasteiger partial charge in [-0.05, 0) is 18.9 Å². The number of ether oxygens (including phenoxy) is 1. The average Bonchev–Trinajstić information content (AvgIpc) is 3.02. The molecule has 0 saturated heterocycles. The molecular formula is C11H17N3O2. The van der Waals surface area contributed by atoms with Crippen molar-refractivity contribution in [2.24, 2.45) is 0 Å². The summed E-state index contributed by atoms with van der Waals surface area (Å²) >= 11 is 0. The SMILES string of the molecule is COCCNC(=O)c1cc(N)cn1C1CC1. The summed E-state index contributed by atoms with van der Waals surface area (Å²) in [5.74, 6) is -0.0827. The number of nitrogens with one attached hydrogen (secondary N) is 1. The number of hydrogen-bond donors (Lipinski definition) is 2. The second-order valence-corrected chi connectivity index (χ2v) is 4.05. The van der Waals surface area contributed by atoms with Crippen LogP contribution in [0.15, 0.2) is 12.3 Å². The average molecular weight is 223 g/mol. The van der Waals surface area contributed by atoms with E-state index >= 15 is 0 Å². The van der Waals surface area contributed by atoms with Crippen molar-refractivity contribution in [1.29, 1.82) is 0 Å². The highest BCUT2D eigenvalue weighted by molar-refractivity contribution is 5.93. The van der Waals surface area contributed by atoms with Crippen LogP contribution in [0.3, 0.4) is 0 Å². The molecule has 16 heavy (non-hydrogen) atoms. The van der Waals surface area contributed by atoms with Crippen molar-refractivity contribution >= 4 is 11.6 Å². The Kier molecular flexibility index (Phi) is 3.14. The maximum absolute atomic E-state index is 11.8. The lowest BCUT2D eigenvalue weighted by molar-refractivity contribution is 0.0927. The highest BCUT2D eigenvalue weighted by Crippen LogP contribution is 2.37. The van der Waals surface area contributed by atoms with Crippen LogP contribution >= 0.6 is 0 Å². The Labute approximate surface area is 94.6 Å². The molecule has 1 heterocycles. The molecular weight excluding hydrogens is 206 g/mol. The molecule has 1 aromatic heterocycles. The number of anilines is 1. The van der Waals surface area contributed by atoms with Crippen molar-refractivity contribution in [3.05, 3.63) is 18.0 Å². The number of carbonyl (C=O) groups is 1. The molecule has 5 heteroatoms. The van der Waals surface area contributed by atoms with Crippen molar-refractivity contribution in [3.63, 3.8) is 0 Å². The molecule has 1 amide bonds. The third kappa shape index (κ3) is 2.36. The third-order valence-corrected chi connectivity index (χ3v) is 2.63. The second-order valence-electron chi connectivity index (χ2n) is 4.05. The van der Waals surface area contributed by atoms with E-state index in [2.05, 4.69) is 5.32 Å². The van der Waals surface area contributed by atoms with E-state index in [0.717, 1.165) is 12.8 Å². The minimum absolute atomic E-state index is 0.0827. The normalized spacial score (nSPS) is 15.1. The highest BCUT2D eigenvalue weighted by Gasteiger charge is 2.27. The molecule has 1 aliphatic rings. The Hall–Kier alpha value is -1.49. The van der Waals surface area contributed by atoms with Crippen LogP contribution in [0.5, 0.6) is 0 Å². The van der Waals surface area contributed by atoms with E-state index in [1.165, 1.54) is 0 Å². The summed E-state index contributed by atoms with van der Waals surface area (Å²) in [4.78, 5) is 11.8. The lowest BCUT2D eigenvalue weighted by atomic mass is 10.3. The van der Waals surface area contributed by atoms with Crippen LogP contribution in [-0.2, 0) is 4.74 Å². The number of nitrogens with two attached hydrogens (primary N) is 1. The summed E-state index contributed by atoms with van der Waals surface area (Å²) in [7, 11) is 1.61. The first-order chi connectivity index (χ1) is 7.72. The fourth-order valence-electron chi connectivity index (χ4n) is 1.69. The number of rotatable bonds is 5. The van der Waals surface area contributed by atoms with E-state index in [4.69, 9.17) is 10.5 Å². The monoisotopic (exact) mass is 223 g/mol. The van der Waals surface area contributed by atoms with Gasteiger partial charge in [0.25, 0.3) is 5.91 Å². The summed E-state index contributed by atoms with van der Waals surface area (Å²) in [5, 5.41) is 2.80. The number of hydrogen-bond acceptors (Lipinski definition) is 3. The molecule has 1 aliphatic carbocycles. The van der Waals surface area contributed by atoms with Crippen molar-refractivity contribution < 1.29 is 9.53 Å². The van der Waals surface area contributed by atoms with E-state index in [0.29, 0.717) is 30.6 Å². The summed E-state index contributed by atoms with van der Waals surface area (Å²) in [6, 6.07) is 2.18. The van der Waals surface area contributed by atoms with Gasteiger partial charge in [-0.2, -0.15) is 0 Å². The fourth-order valence-corrected chi connectivity index (χ4v) is 1.69. The fraction of sp³-hybridized carbons (Fsp3) is 0.545. The van der Waals surface area contributed by atoms with Gasteiger partial charge in [0.15, 0.2) is 0 Å². The quantitative estimate of drug-likeness (QED) is 0.725. The van der Waals surface area contributed by atoms with Gasteiger partial charge in [-0.3, -0.25) is 4.79 Å². The number of aromatic nitrogens is 1. The zero-order valence-electron chi connectivity index (χ0n) is 9.40. The van der Waals surface area contributed by atoms with Gasteiger partial charge in [-0.1, -0.05) is 0 Å². The van der Waals surface area contributed by atoms with Gasteiger partial charge in [-0.25, -0.2) is 0 Å². The van der Waals surface area contributed by atoms with Crippen molar-refractivity contribution in [2.75, 3.05) is 26.0 Å². The maximum Gasteiger partial charge on any atom is 0.268 e. The van der Waals surface area contributed by atoms with Crippen LogP contribution < -0.4 is 11.1 Å². The highest BCUT2D eigenvalue weighted by atomic mass is 16.5. The topological polar surface area (TPSA) is 69.3 Å². The van der Waals surface area contributed by atoms with Crippen LogP contribution in [0, 0.1) is 0 Å². The minimum atomic E-state index is -0.0827. The molecule has 88 valence electrons. The molecule has 0 atom stereocenters. The predicted molar refractivity (Wildman–Crippen MR) is 61.3 cm³/mol. The number of carbonyl (C=O) groups excluding carboxylic acids is 1. The van der Waals surface area contributed by atoms with Gasteiger partial charge in [0, 0.05) is 25.9 Å². The Bertz CT molecular complexity index is 383. The first kappa shape index (κ1) is 11.0. The van der Waals surface area contributed by atoms with E-state index in [1.54, 1.807) is 13.2 Å². The zero-order chi connectivity index (χ0) is 11.5. The maximum atomic E-state index is 11.8. The minimum Gasteiger partial charge on any atom is -0.397 e. The van der Waals surface area contributed by atoms with Gasteiger partial charge >= 0.3 is 0 Å². The molecule has 2 rings (SSSR count). The molecule has 1 fully saturated rings. The molecule has 0 unspecified atom stereocenters. The third-order valence-electron chi connectivity index (χ3n) is 2.63. The van der Waals surface area contributed by atoms with E-state index < -0.39 is 0 Å². The first-order valence-electron chi connectivity index (χ1n) is 5.47. The molecule has 0 aliphatic heterocycles. The smallest absolute Gasteiger partial charge is 0.268 e. The predicted octanol–water partition coefficient (Wildman–Crippen LogP) is 0.781.